The van der Waals surface area contributed by atoms with E-state index in [2.05, 4.69) is 11.9 Å². The van der Waals surface area contributed by atoms with Gasteiger partial charge < -0.3 is 14.7 Å². The Bertz CT molecular complexity index is 247. The predicted molar refractivity (Wildman–Crippen MR) is 54.6 cm³/mol. The first kappa shape index (κ1) is 10.7. The number of cyclic esters (lactones) is 1. The van der Waals surface area contributed by atoms with Crippen LogP contribution >= 0.6 is 0 Å². The van der Waals surface area contributed by atoms with Crippen LogP contribution in [0.5, 0.6) is 0 Å². The summed E-state index contributed by atoms with van der Waals surface area (Å²) in [6.07, 6.45) is 2.03. The van der Waals surface area contributed by atoms with E-state index in [1.165, 1.54) is 6.42 Å². The first-order valence-electron chi connectivity index (χ1n) is 5.47. The molecule has 2 unspecified atom stereocenters. The summed E-state index contributed by atoms with van der Waals surface area (Å²) in [7, 11) is 2.08. The smallest absolute Gasteiger partial charge is 0.410 e. The Morgan fingerprint density at radius 3 is 2.93 bits per heavy atom. The Hall–Kier alpha value is -0.810. The molecule has 2 heterocycles. The highest BCUT2D eigenvalue weighted by Crippen LogP contribution is 2.20. The van der Waals surface area contributed by atoms with Crippen molar-refractivity contribution in [3.05, 3.63) is 0 Å². The van der Waals surface area contributed by atoms with Gasteiger partial charge in [-0.05, 0) is 26.4 Å². The summed E-state index contributed by atoms with van der Waals surface area (Å²) in [5.74, 6) is 0. The van der Waals surface area contributed by atoms with Gasteiger partial charge in [-0.3, -0.25) is 4.90 Å². The van der Waals surface area contributed by atoms with Gasteiger partial charge in [0.25, 0.3) is 0 Å². The molecule has 2 saturated heterocycles. The molecule has 2 aliphatic heterocycles. The lowest BCUT2D eigenvalue weighted by Gasteiger charge is -2.27. The number of aliphatic hydroxyl groups is 1. The lowest BCUT2D eigenvalue weighted by Crippen LogP contribution is -2.44. The minimum absolute atomic E-state index is 0.0117. The molecule has 15 heavy (non-hydrogen) atoms. The third-order valence-electron chi connectivity index (χ3n) is 3.36. The number of likely N-dealkylation sites (N-methyl/N-ethyl adjacent to an activating group) is 1. The largest absolute Gasteiger partial charge is 0.447 e. The van der Waals surface area contributed by atoms with E-state index in [4.69, 9.17) is 9.84 Å². The second-order valence-electron chi connectivity index (χ2n) is 4.34. The molecule has 5 heteroatoms. The van der Waals surface area contributed by atoms with Crippen LogP contribution in [0.4, 0.5) is 4.79 Å². The van der Waals surface area contributed by atoms with Gasteiger partial charge in [0.2, 0.25) is 0 Å². The third-order valence-corrected chi connectivity index (χ3v) is 3.36. The Kier molecular flexibility index (Phi) is 3.11. The van der Waals surface area contributed by atoms with Crippen LogP contribution in [0, 0.1) is 0 Å². The molecule has 0 radical (unpaired) electrons. The van der Waals surface area contributed by atoms with Crippen molar-refractivity contribution in [3.63, 3.8) is 0 Å². The van der Waals surface area contributed by atoms with Gasteiger partial charge >= 0.3 is 6.09 Å². The molecule has 0 aliphatic carbocycles. The topological polar surface area (TPSA) is 53.0 Å². The summed E-state index contributed by atoms with van der Waals surface area (Å²) < 4.78 is 4.92. The predicted octanol–water partition coefficient (Wildman–Crippen LogP) is -0.106. The molecule has 2 atom stereocenters. The summed E-state index contributed by atoms with van der Waals surface area (Å²) in [5, 5.41) is 9.11. The van der Waals surface area contributed by atoms with Crippen molar-refractivity contribution < 1.29 is 14.6 Å². The molecule has 0 aromatic heterocycles. The SMILES string of the molecule is CN1CCCC1CN1C(=O)OCC1CO. The van der Waals surface area contributed by atoms with Crippen molar-refractivity contribution >= 4 is 6.09 Å². The van der Waals surface area contributed by atoms with Crippen LogP contribution in [0.15, 0.2) is 0 Å². The van der Waals surface area contributed by atoms with Crippen molar-refractivity contribution in [2.45, 2.75) is 24.9 Å². The maximum atomic E-state index is 11.4. The molecule has 0 aromatic rings. The average molecular weight is 214 g/mol. The lowest BCUT2D eigenvalue weighted by atomic mass is 10.2. The summed E-state index contributed by atoms with van der Waals surface area (Å²) in [6.45, 7) is 2.09. The Labute approximate surface area is 89.6 Å². The molecule has 0 bridgehead atoms. The number of hydrogen-bond donors (Lipinski definition) is 1. The monoisotopic (exact) mass is 214 g/mol. The quantitative estimate of drug-likeness (QED) is 0.712. The van der Waals surface area contributed by atoms with E-state index >= 15 is 0 Å². The second kappa shape index (κ2) is 4.37. The molecule has 1 amide bonds. The first-order valence-corrected chi connectivity index (χ1v) is 5.47. The van der Waals surface area contributed by atoms with Gasteiger partial charge in [-0.2, -0.15) is 0 Å². The van der Waals surface area contributed by atoms with Crippen molar-refractivity contribution in [2.24, 2.45) is 0 Å². The summed E-state index contributed by atoms with van der Waals surface area (Å²) >= 11 is 0. The number of carbonyl (C=O) groups is 1. The van der Waals surface area contributed by atoms with Crippen molar-refractivity contribution in [1.29, 1.82) is 0 Å². The fraction of sp³-hybridized carbons (Fsp3) is 0.900. The van der Waals surface area contributed by atoms with Crippen molar-refractivity contribution in [2.75, 3.05) is 33.4 Å². The molecule has 2 fully saturated rings. The number of nitrogens with zero attached hydrogens (tertiary/aromatic N) is 2. The molecule has 1 N–H and O–H groups in total. The van der Waals surface area contributed by atoms with E-state index in [0.717, 1.165) is 13.0 Å². The van der Waals surface area contributed by atoms with Crippen LogP contribution in [-0.4, -0.2) is 66.4 Å². The number of aliphatic hydroxyl groups excluding tert-OH is 1. The molecule has 2 aliphatic rings. The Morgan fingerprint density at radius 2 is 2.33 bits per heavy atom. The molecule has 86 valence electrons. The van der Waals surface area contributed by atoms with Gasteiger partial charge in [0.15, 0.2) is 0 Å². The van der Waals surface area contributed by atoms with E-state index in [9.17, 15) is 4.79 Å². The number of carbonyl (C=O) groups excluding carboxylic acids is 1. The molecule has 0 aromatic carbocycles. The number of ether oxygens (including phenoxy) is 1. The summed E-state index contributed by atoms with van der Waals surface area (Å²) in [6, 6.07) is 0.274. The van der Waals surface area contributed by atoms with Gasteiger partial charge in [-0.25, -0.2) is 4.79 Å². The van der Waals surface area contributed by atoms with E-state index in [-0.39, 0.29) is 18.7 Å². The van der Waals surface area contributed by atoms with Crippen LogP contribution in [0.2, 0.25) is 0 Å². The Morgan fingerprint density at radius 1 is 1.53 bits per heavy atom. The minimum Gasteiger partial charge on any atom is -0.447 e. The van der Waals surface area contributed by atoms with Gasteiger partial charge in [0, 0.05) is 12.6 Å². The highest BCUT2D eigenvalue weighted by Gasteiger charge is 2.35. The number of likely N-dealkylation sites (tertiary alicyclic amines) is 1. The zero-order valence-corrected chi connectivity index (χ0v) is 9.06. The zero-order valence-electron chi connectivity index (χ0n) is 9.06. The minimum atomic E-state index is -0.283. The van der Waals surface area contributed by atoms with Gasteiger partial charge in [-0.15, -0.1) is 0 Å². The van der Waals surface area contributed by atoms with Crippen molar-refractivity contribution in [1.82, 2.24) is 9.80 Å². The van der Waals surface area contributed by atoms with Gasteiger partial charge in [0.05, 0.1) is 12.6 Å². The highest BCUT2D eigenvalue weighted by molar-refractivity contribution is 5.70. The molecule has 0 spiro atoms. The van der Waals surface area contributed by atoms with E-state index in [1.54, 1.807) is 4.90 Å². The standard InChI is InChI=1S/C10H18N2O3/c1-11-4-2-3-8(11)5-12-9(6-13)7-15-10(12)14/h8-9,13H,2-7H2,1H3. The van der Waals surface area contributed by atoms with Gasteiger partial charge in [-0.1, -0.05) is 0 Å². The second-order valence-corrected chi connectivity index (χ2v) is 4.34. The number of rotatable bonds is 3. The Balaban J connectivity index is 1.94. The molecular weight excluding hydrogens is 196 g/mol. The molecule has 2 rings (SSSR count). The van der Waals surface area contributed by atoms with Crippen LogP contribution in [0.3, 0.4) is 0 Å². The molecule has 5 nitrogen and oxygen atoms in total. The highest BCUT2D eigenvalue weighted by atomic mass is 16.6. The maximum absolute atomic E-state index is 11.4. The third kappa shape index (κ3) is 2.08. The lowest BCUT2D eigenvalue weighted by molar-refractivity contribution is 0.137. The number of amides is 1. The fourth-order valence-electron chi connectivity index (χ4n) is 2.30. The summed E-state index contributed by atoms with van der Waals surface area (Å²) in [5.41, 5.74) is 0. The van der Waals surface area contributed by atoms with E-state index in [0.29, 0.717) is 19.2 Å². The van der Waals surface area contributed by atoms with Crippen LogP contribution in [0.25, 0.3) is 0 Å². The average Bonchev–Trinajstić information content (AvgIpc) is 2.77. The first-order chi connectivity index (χ1) is 7.22. The molecular formula is C10H18N2O3. The van der Waals surface area contributed by atoms with Crippen LogP contribution in [0.1, 0.15) is 12.8 Å². The van der Waals surface area contributed by atoms with Gasteiger partial charge in [0.1, 0.15) is 6.61 Å². The van der Waals surface area contributed by atoms with E-state index in [1.807, 2.05) is 0 Å². The van der Waals surface area contributed by atoms with Crippen LogP contribution in [-0.2, 0) is 4.74 Å². The van der Waals surface area contributed by atoms with Crippen LogP contribution < -0.4 is 0 Å². The normalized spacial score (nSPS) is 32.4. The van der Waals surface area contributed by atoms with Crippen molar-refractivity contribution in [3.8, 4) is 0 Å². The number of hydrogen-bond acceptors (Lipinski definition) is 4. The molecule has 0 saturated carbocycles. The fourth-order valence-corrected chi connectivity index (χ4v) is 2.30. The van der Waals surface area contributed by atoms with E-state index < -0.39 is 0 Å². The zero-order chi connectivity index (χ0) is 10.8. The maximum Gasteiger partial charge on any atom is 0.410 e. The summed E-state index contributed by atoms with van der Waals surface area (Å²) in [4.78, 5) is 15.3.